The van der Waals surface area contributed by atoms with Crippen molar-refractivity contribution in [1.29, 1.82) is 0 Å². The molecule has 3 aromatic carbocycles. The van der Waals surface area contributed by atoms with E-state index in [0.29, 0.717) is 11.3 Å². The van der Waals surface area contributed by atoms with Gasteiger partial charge in [0, 0.05) is 6.04 Å². The van der Waals surface area contributed by atoms with Crippen molar-refractivity contribution in [3.05, 3.63) is 84.2 Å². The van der Waals surface area contributed by atoms with Crippen LogP contribution < -0.4 is 16.0 Å². The second-order valence-electron chi connectivity index (χ2n) is 7.69. The van der Waals surface area contributed by atoms with Gasteiger partial charge in [-0.15, -0.1) is 0 Å². The van der Waals surface area contributed by atoms with E-state index < -0.39 is 21.6 Å². The smallest absolute Gasteiger partial charge is 0.253 e. The lowest BCUT2D eigenvalue weighted by Gasteiger charge is -2.16. The van der Waals surface area contributed by atoms with Gasteiger partial charge >= 0.3 is 0 Å². The monoisotopic (exact) mass is 483 g/mol. The first kappa shape index (κ1) is 24.9. The topological polar surface area (TPSA) is 104 Å². The van der Waals surface area contributed by atoms with Gasteiger partial charge in [-0.05, 0) is 55.8 Å². The SMILES string of the molecule is CCC(C)NC(=O)c1ccccc1NC(=O)CNc1ccc(F)cc1S(=O)(=O)c1ccccc1. The lowest BCUT2D eigenvalue weighted by atomic mass is 10.1. The van der Waals surface area contributed by atoms with Crippen LogP contribution in [0.4, 0.5) is 15.8 Å². The number of carbonyl (C=O) groups excluding carboxylic acids is 2. The summed E-state index contributed by atoms with van der Waals surface area (Å²) in [6, 6.07) is 17.5. The molecule has 0 aliphatic heterocycles. The second kappa shape index (κ2) is 10.9. The zero-order chi connectivity index (χ0) is 24.7. The third-order valence-corrected chi connectivity index (χ3v) is 6.97. The Bertz CT molecular complexity index is 1280. The van der Waals surface area contributed by atoms with Gasteiger partial charge in [-0.1, -0.05) is 37.3 Å². The van der Waals surface area contributed by atoms with E-state index in [1.807, 2.05) is 13.8 Å². The van der Waals surface area contributed by atoms with Gasteiger partial charge in [0.2, 0.25) is 15.7 Å². The standard InChI is InChI=1S/C25H26FN3O4S/c1-3-17(2)28-25(31)20-11-7-8-12-21(20)29-24(30)16-27-22-14-13-18(26)15-23(22)34(32,33)19-9-5-4-6-10-19/h4-15,17,27H,3,16H2,1-2H3,(H,28,31)(H,29,30). The number of hydrogen-bond donors (Lipinski definition) is 3. The molecule has 178 valence electrons. The Morgan fingerprint density at radius 3 is 2.32 bits per heavy atom. The summed E-state index contributed by atoms with van der Waals surface area (Å²) >= 11 is 0. The fourth-order valence-corrected chi connectivity index (χ4v) is 4.62. The fourth-order valence-electron chi connectivity index (χ4n) is 3.15. The highest BCUT2D eigenvalue weighted by atomic mass is 32.2. The first-order valence-electron chi connectivity index (χ1n) is 10.8. The number of amides is 2. The summed E-state index contributed by atoms with van der Waals surface area (Å²) in [7, 11) is -4.02. The van der Waals surface area contributed by atoms with Crippen LogP contribution in [0.15, 0.2) is 82.6 Å². The Morgan fingerprint density at radius 1 is 0.941 bits per heavy atom. The highest BCUT2D eigenvalue weighted by Gasteiger charge is 2.22. The number of nitrogens with one attached hydrogen (secondary N) is 3. The molecule has 0 saturated carbocycles. The summed E-state index contributed by atoms with van der Waals surface area (Å²) in [4.78, 5) is 24.9. The molecule has 2 amide bonds. The zero-order valence-electron chi connectivity index (χ0n) is 18.8. The summed E-state index contributed by atoms with van der Waals surface area (Å²) in [5.74, 6) is -1.53. The molecule has 3 rings (SSSR count). The van der Waals surface area contributed by atoms with E-state index in [1.165, 1.54) is 18.2 Å². The van der Waals surface area contributed by atoms with Crippen molar-refractivity contribution in [1.82, 2.24) is 5.32 Å². The molecule has 0 spiro atoms. The van der Waals surface area contributed by atoms with Crippen molar-refractivity contribution in [3.8, 4) is 0 Å². The summed E-state index contributed by atoms with van der Waals surface area (Å²) in [6.07, 6.45) is 0.760. The predicted molar refractivity (Wildman–Crippen MR) is 129 cm³/mol. The molecule has 1 atom stereocenters. The van der Waals surface area contributed by atoms with Crippen LogP contribution in [0.3, 0.4) is 0 Å². The van der Waals surface area contributed by atoms with Crippen molar-refractivity contribution in [2.75, 3.05) is 17.2 Å². The Hall–Kier alpha value is -3.72. The number of carbonyl (C=O) groups is 2. The summed E-state index contributed by atoms with van der Waals surface area (Å²) < 4.78 is 40.0. The van der Waals surface area contributed by atoms with Crippen LogP contribution in [0.1, 0.15) is 30.6 Å². The lowest BCUT2D eigenvalue weighted by Crippen LogP contribution is -2.33. The molecular formula is C25H26FN3O4S. The molecule has 1 unspecified atom stereocenters. The maximum Gasteiger partial charge on any atom is 0.253 e. The van der Waals surface area contributed by atoms with E-state index in [1.54, 1.807) is 42.5 Å². The minimum Gasteiger partial charge on any atom is -0.375 e. The van der Waals surface area contributed by atoms with Crippen LogP contribution in [0, 0.1) is 5.82 Å². The summed E-state index contributed by atoms with van der Waals surface area (Å²) in [5.41, 5.74) is 0.722. The molecule has 9 heteroatoms. The first-order chi connectivity index (χ1) is 16.2. The molecule has 7 nitrogen and oxygen atoms in total. The summed E-state index contributed by atoms with van der Waals surface area (Å²) in [5, 5.41) is 8.29. The minimum atomic E-state index is -4.02. The number of para-hydroxylation sites is 1. The second-order valence-corrected chi connectivity index (χ2v) is 9.61. The number of hydrogen-bond acceptors (Lipinski definition) is 5. The van der Waals surface area contributed by atoms with Gasteiger partial charge in [-0.2, -0.15) is 0 Å². The first-order valence-corrected chi connectivity index (χ1v) is 12.2. The number of rotatable bonds is 9. The van der Waals surface area contributed by atoms with Gasteiger partial charge in [0.05, 0.1) is 33.3 Å². The van der Waals surface area contributed by atoms with E-state index in [0.717, 1.165) is 18.6 Å². The van der Waals surface area contributed by atoms with Crippen LogP contribution in [0.25, 0.3) is 0 Å². The molecule has 34 heavy (non-hydrogen) atoms. The average Bonchev–Trinajstić information content (AvgIpc) is 2.84. The molecule has 0 heterocycles. The van der Waals surface area contributed by atoms with Crippen molar-refractivity contribution >= 4 is 33.0 Å². The van der Waals surface area contributed by atoms with Crippen LogP contribution in [-0.2, 0) is 14.6 Å². The highest BCUT2D eigenvalue weighted by Crippen LogP contribution is 2.28. The normalized spacial score (nSPS) is 12.0. The molecule has 0 aliphatic rings. The largest absolute Gasteiger partial charge is 0.375 e. The lowest BCUT2D eigenvalue weighted by molar-refractivity contribution is -0.114. The average molecular weight is 484 g/mol. The fraction of sp³-hybridized carbons (Fsp3) is 0.200. The number of sulfone groups is 1. The number of benzene rings is 3. The van der Waals surface area contributed by atoms with Crippen LogP contribution in [0.5, 0.6) is 0 Å². The maximum absolute atomic E-state index is 13.9. The maximum atomic E-state index is 13.9. The van der Waals surface area contributed by atoms with Gasteiger partial charge in [0.1, 0.15) is 5.82 Å². The minimum absolute atomic E-state index is 0.00866. The Labute approximate surface area is 198 Å². The molecule has 3 N–H and O–H groups in total. The quantitative estimate of drug-likeness (QED) is 0.422. The van der Waals surface area contributed by atoms with Crippen LogP contribution in [0.2, 0.25) is 0 Å². The molecule has 0 aliphatic carbocycles. The van der Waals surface area contributed by atoms with Gasteiger partial charge in [0.25, 0.3) is 5.91 Å². The van der Waals surface area contributed by atoms with E-state index in [2.05, 4.69) is 16.0 Å². The van der Waals surface area contributed by atoms with E-state index in [9.17, 15) is 22.4 Å². The third-order valence-electron chi connectivity index (χ3n) is 5.16. The molecule has 3 aromatic rings. The predicted octanol–water partition coefficient (Wildman–Crippen LogP) is 4.24. The molecule has 0 saturated heterocycles. The molecule has 0 fully saturated rings. The van der Waals surface area contributed by atoms with Crippen molar-refractivity contribution < 1.29 is 22.4 Å². The zero-order valence-corrected chi connectivity index (χ0v) is 19.7. The number of halogens is 1. The highest BCUT2D eigenvalue weighted by molar-refractivity contribution is 7.91. The van der Waals surface area contributed by atoms with E-state index in [4.69, 9.17) is 0 Å². The molecular weight excluding hydrogens is 457 g/mol. The number of anilines is 2. The van der Waals surface area contributed by atoms with E-state index >= 15 is 0 Å². The van der Waals surface area contributed by atoms with Crippen LogP contribution >= 0.6 is 0 Å². The van der Waals surface area contributed by atoms with Crippen LogP contribution in [-0.4, -0.2) is 32.8 Å². The third kappa shape index (κ3) is 5.99. The Kier molecular flexibility index (Phi) is 8.01. The Balaban J connectivity index is 1.77. The van der Waals surface area contributed by atoms with Crippen molar-refractivity contribution in [2.45, 2.75) is 36.1 Å². The van der Waals surface area contributed by atoms with Crippen molar-refractivity contribution in [2.24, 2.45) is 0 Å². The van der Waals surface area contributed by atoms with Gasteiger partial charge < -0.3 is 16.0 Å². The van der Waals surface area contributed by atoms with Crippen molar-refractivity contribution in [3.63, 3.8) is 0 Å². The molecule has 0 radical (unpaired) electrons. The molecule has 0 bridgehead atoms. The Morgan fingerprint density at radius 2 is 1.62 bits per heavy atom. The summed E-state index contributed by atoms with van der Waals surface area (Å²) in [6.45, 7) is 3.53. The van der Waals surface area contributed by atoms with Gasteiger partial charge in [-0.25, -0.2) is 12.8 Å². The van der Waals surface area contributed by atoms with Gasteiger partial charge in [-0.3, -0.25) is 9.59 Å². The van der Waals surface area contributed by atoms with E-state index in [-0.39, 0.29) is 34.0 Å². The molecule has 0 aromatic heterocycles. The van der Waals surface area contributed by atoms with Gasteiger partial charge in [0.15, 0.2) is 0 Å².